The molecule has 0 bridgehead atoms. The van der Waals surface area contributed by atoms with E-state index in [0.717, 1.165) is 0 Å². The van der Waals surface area contributed by atoms with E-state index in [1.807, 2.05) is 0 Å². The Labute approximate surface area is 103 Å². The number of benzene rings is 1. The first-order chi connectivity index (χ1) is 8.15. The molecule has 1 amide bonds. The standard InChI is InChI=1S/C10H11ClN4O2/c11-8-6-7(2-3-9(8)16)10(17)13-4-1-5-14-15-12/h2-3,6,16H,1,4-5H2,(H,13,17). The van der Waals surface area contributed by atoms with Crippen LogP contribution in [0.25, 0.3) is 10.4 Å². The van der Waals surface area contributed by atoms with Crippen LogP contribution in [0.2, 0.25) is 5.02 Å². The van der Waals surface area contributed by atoms with Gasteiger partial charge in [-0.05, 0) is 30.2 Å². The van der Waals surface area contributed by atoms with Crippen molar-refractivity contribution in [1.82, 2.24) is 5.32 Å². The molecule has 0 heterocycles. The third-order valence-electron chi connectivity index (χ3n) is 1.99. The lowest BCUT2D eigenvalue weighted by molar-refractivity contribution is 0.0953. The van der Waals surface area contributed by atoms with E-state index in [2.05, 4.69) is 15.3 Å². The first kappa shape index (κ1) is 13.2. The molecule has 0 aliphatic rings. The van der Waals surface area contributed by atoms with Crippen LogP contribution in [0.3, 0.4) is 0 Å². The van der Waals surface area contributed by atoms with Crippen LogP contribution in [-0.2, 0) is 0 Å². The number of azide groups is 1. The van der Waals surface area contributed by atoms with Crippen LogP contribution < -0.4 is 5.32 Å². The molecule has 0 spiro atoms. The van der Waals surface area contributed by atoms with E-state index >= 15 is 0 Å². The van der Waals surface area contributed by atoms with Gasteiger partial charge >= 0.3 is 0 Å². The van der Waals surface area contributed by atoms with Crippen LogP contribution in [0, 0.1) is 0 Å². The molecule has 1 rings (SSSR count). The fourth-order valence-corrected chi connectivity index (χ4v) is 1.33. The van der Waals surface area contributed by atoms with Crippen molar-refractivity contribution in [3.63, 3.8) is 0 Å². The molecule has 0 unspecified atom stereocenters. The Hall–Kier alpha value is -1.91. The molecule has 0 radical (unpaired) electrons. The van der Waals surface area contributed by atoms with Gasteiger partial charge in [0.05, 0.1) is 5.02 Å². The Morgan fingerprint density at radius 1 is 1.59 bits per heavy atom. The molecule has 2 N–H and O–H groups in total. The predicted molar refractivity (Wildman–Crippen MR) is 64.1 cm³/mol. The number of nitrogens with one attached hydrogen (secondary N) is 1. The summed E-state index contributed by atoms with van der Waals surface area (Å²) >= 11 is 5.68. The number of phenolic OH excluding ortho intramolecular Hbond substituents is 1. The summed E-state index contributed by atoms with van der Waals surface area (Å²) in [5.41, 5.74) is 8.41. The molecular weight excluding hydrogens is 244 g/mol. The van der Waals surface area contributed by atoms with Crippen LogP contribution in [0.4, 0.5) is 0 Å². The average Bonchev–Trinajstić information content (AvgIpc) is 2.32. The number of carbonyl (C=O) groups excluding carboxylic acids is 1. The molecule has 0 atom stereocenters. The van der Waals surface area contributed by atoms with Crippen molar-refractivity contribution in [2.75, 3.05) is 13.1 Å². The lowest BCUT2D eigenvalue weighted by atomic mass is 10.2. The van der Waals surface area contributed by atoms with Crippen molar-refractivity contribution in [2.24, 2.45) is 5.11 Å². The van der Waals surface area contributed by atoms with E-state index in [1.54, 1.807) is 0 Å². The van der Waals surface area contributed by atoms with Crippen molar-refractivity contribution >= 4 is 17.5 Å². The summed E-state index contributed by atoms with van der Waals surface area (Å²) in [5, 5.41) is 15.3. The highest BCUT2D eigenvalue weighted by molar-refractivity contribution is 6.32. The summed E-state index contributed by atoms with van der Waals surface area (Å²) in [6.45, 7) is 0.753. The zero-order chi connectivity index (χ0) is 12.7. The highest BCUT2D eigenvalue weighted by atomic mass is 35.5. The van der Waals surface area contributed by atoms with Crippen molar-refractivity contribution in [2.45, 2.75) is 6.42 Å². The molecule has 0 saturated carbocycles. The summed E-state index contributed by atoms with van der Waals surface area (Å²) in [4.78, 5) is 14.2. The van der Waals surface area contributed by atoms with Crippen LogP contribution >= 0.6 is 11.6 Å². The highest BCUT2D eigenvalue weighted by Crippen LogP contribution is 2.23. The Morgan fingerprint density at radius 2 is 2.35 bits per heavy atom. The van der Waals surface area contributed by atoms with Gasteiger partial charge in [0, 0.05) is 23.6 Å². The smallest absolute Gasteiger partial charge is 0.251 e. The molecule has 6 nitrogen and oxygen atoms in total. The molecular formula is C10H11ClN4O2. The number of rotatable bonds is 5. The second-order valence-corrected chi connectivity index (χ2v) is 3.64. The lowest BCUT2D eigenvalue weighted by Gasteiger charge is -2.05. The van der Waals surface area contributed by atoms with E-state index in [4.69, 9.17) is 17.1 Å². The van der Waals surface area contributed by atoms with E-state index < -0.39 is 0 Å². The van der Waals surface area contributed by atoms with Gasteiger partial charge in [-0.3, -0.25) is 4.79 Å². The van der Waals surface area contributed by atoms with Gasteiger partial charge in [0.15, 0.2) is 0 Å². The molecule has 17 heavy (non-hydrogen) atoms. The summed E-state index contributed by atoms with van der Waals surface area (Å²) in [7, 11) is 0. The van der Waals surface area contributed by atoms with E-state index in [-0.39, 0.29) is 16.7 Å². The maximum Gasteiger partial charge on any atom is 0.251 e. The lowest BCUT2D eigenvalue weighted by Crippen LogP contribution is -2.24. The van der Waals surface area contributed by atoms with Crippen LogP contribution in [-0.4, -0.2) is 24.1 Å². The number of hydrogen-bond donors (Lipinski definition) is 2. The van der Waals surface area contributed by atoms with Gasteiger partial charge in [-0.15, -0.1) is 0 Å². The number of phenols is 1. The molecule has 0 aromatic heterocycles. The topological polar surface area (TPSA) is 98.1 Å². The van der Waals surface area contributed by atoms with E-state index in [9.17, 15) is 9.90 Å². The van der Waals surface area contributed by atoms with Crippen molar-refractivity contribution in [1.29, 1.82) is 0 Å². The zero-order valence-electron chi connectivity index (χ0n) is 8.93. The van der Waals surface area contributed by atoms with Gasteiger partial charge in [0.25, 0.3) is 5.91 Å². The van der Waals surface area contributed by atoms with Crippen LogP contribution in [0.15, 0.2) is 23.3 Å². The van der Waals surface area contributed by atoms with Gasteiger partial charge in [-0.25, -0.2) is 0 Å². The van der Waals surface area contributed by atoms with Crippen LogP contribution in [0.1, 0.15) is 16.8 Å². The second-order valence-electron chi connectivity index (χ2n) is 3.23. The van der Waals surface area contributed by atoms with Gasteiger partial charge in [0.1, 0.15) is 5.75 Å². The minimum Gasteiger partial charge on any atom is -0.506 e. The first-order valence-corrected chi connectivity index (χ1v) is 5.30. The maximum atomic E-state index is 11.6. The number of halogens is 1. The number of aromatic hydroxyl groups is 1. The third-order valence-corrected chi connectivity index (χ3v) is 2.30. The molecule has 7 heteroatoms. The predicted octanol–water partition coefficient (Wildman–Crippen LogP) is 2.48. The maximum absolute atomic E-state index is 11.6. The Morgan fingerprint density at radius 3 is 3.00 bits per heavy atom. The number of nitrogens with zero attached hydrogens (tertiary/aromatic N) is 3. The molecule has 1 aromatic carbocycles. The number of hydrogen-bond acceptors (Lipinski definition) is 3. The van der Waals surface area contributed by atoms with Gasteiger partial charge in [-0.2, -0.15) is 0 Å². The number of amides is 1. The van der Waals surface area contributed by atoms with Crippen molar-refractivity contribution in [3.05, 3.63) is 39.2 Å². The van der Waals surface area contributed by atoms with E-state index in [0.29, 0.717) is 25.1 Å². The molecule has 1 aromatic rings. The average molecular weight is 255 g/mol. The Kier molecular flexibility index (Phi) is 5.13. The number of carbonyl (C=O) groups is 1. The quantitative estimate of drug-likeness (QED) is 0.365. The molecule has 0 aliphatic heterocycles. The summed E-state index contributed by atoms with van der Waals surface area (Å²) in [6, 6.07) is 4.22. The summed E-state index contributed by atoms with van der Waals surface area (Å²) in [6.07, 6.45) is 0.571. The minimum atomic E-state index is -0.284. The highest BCUT2D eigenvalue weighted by Gasteiger charge is 2.07. The zero-order valence-corrected chi connectivity index (χ0v) is 9.68. The fourth-order valence-electron chi connectivity index (χ4n) is 1.15. The summed E-state index contributed by atoms with van der Waals surface area (Å²) in [5.74, 6) is -0.348. The molecule has 0 fully saturated rings. The Balaban J connectivity index is 2.46. The van der Waals surface area contributed by atoms with Crippen molar-refractivity contribution in [3.8, 4) is 5.75 Å². The first-order valence-electron chi connectivity index (χ1n) is 4.92. The van der Waals surface area contributed by atoms with Gasteiger partial charge in [0.2, 0.25) is 0 Å². The third kappa shape index (κ3) is 4.22. The normalized spacial score (nSPS) is 9.47. The second kappa shape index (κ2) is 6.62. The van der Waals surface area contributed by atoms with Crippen LogP contribution in [0.5, 0.6) is 5.75 Å². The molecule has 0 aliphatic carbocycles. The molecule has 90 valence electrons. The van der Waals surface area contributed by atoms with Gasteiger partial charge < -0.3 is 10.4 Å². The Bertz CT molecular complexity index is 458. The minimum absolute atomic E-state index is 0.0634. The fraction of sp³-hybridized carbons (Fsp3) is 0.300. The monoisotopic (exact) mass is 254 g/mol. The van der Waals surface area contributed by atoms with Crippen molar-refractivity contribution < 1.29 is 9.90 Å². The van der Waals surface area contributed by atoms with Gasteiger partial charge in [-0.1, -0.05) is 16.7 Å². The summed E-state index contributed by atoms with van der Waals surface area (Å²) < 4.78 is 0. The molecule has 0 saturated heterocycles. The SMILES string of the molecule is [N-]=[N+]=NCCCNC(=O)c1ccc(O)c(Cl)c1. The van der Waals surface area contributed by atoms with E-state index in [1.165, 1.54) is 18.2 Å². The largest absolute Gasteiger partial charge is 0.506 e.